The summed E-state index contributed by atoms with van der Waals surface area (Å²) in [7, 11) is 0. The summed E-state index contributed by atoms with van der Waals surface area (Å²) in [6, 6.07) is 8.52. The summed E-state index contributed by atoms with van der Waals surface area (Å²) in [6.07, 6.45) is 2.71. The van der Waals surface area contributed by atoms with Gasteiger partial charge in [-0.05, 0) is 17.5 Å². The van der Waals surface area contributed by atoms with Crippen molar-refractivity contribution in [2.24, 2.45) is 0 Å². The van der Waals surface area contributed by atoms with E-state index in [9.17, 15) is 0 Å². The molecule has 1 unspecified atom stereocenters. The molecule has 2 N–H and O–H groups in total. The Labute approximate surface area is 87.7 Å². The average Bonchev–Trinajstić information content (AvgIpc) is 2.61. The summed E-state index contributed by atoms with van der Waals surface area (Å²) >= 11 is 0. The van der Waals surface area contributed by atoms with Crippen molar-refractivity contribution in [2.75, 3.05) is 5.73 Å². The molecule has 1 atom stereocenters. The molecule has 0 radical (unpaired) electrons. The quantitative estimate of drug-likeness (QED) is 0.792. The van der Waals surface area contributed by atoms with E-state index in [0.29, 0.717) is 11.7 Å². The number of anilines is 1. The summed E-state index contributed by atoms with van der Waals surface area (Å²) in [4.78, 5) is 1.68. The first-order valence-electron chi connectivity index (χ1n) is 5.06. The molecule has 1 aromatic carbocycles. The molecule has 15 heavy (non-hydrogen) atoms. The molecule has 76 valence electrons. The fraction of sp³-hybridized carbons (Fsp3) is 0.273. The molecule has 1 aromatic heterocycles. The maximum absolute atomic E-state index is 5.51. The maximum atomic E-state index is 5.51. The van der Waals surface area contributed by atoms with Crippen LogP contribution in [0.25, 0.3) is 0 Å². The monoisotopic (exact) mass is 200 g/mol. The number of hydrogen-bond acceptors (Lipinski definition) is 3. The van der Waals surface area contributed by atoms with Gasteiger partial charge in [0.2, 0.25) is 0 Å². The van der Waals surface area contributed by atoms with Crippen molar-refractivity contribution in [2.45, 2.75) is 18.9 Å². The van der Waals surface area contributed by atoms with Crippen molar-refractivity contribution in [3.05, 3.63) is 41.6 Å². The summed E-state index contributed by atoms with van der Waals surface area (Å²) in [6.45, 7) is 0.828. The lowest BCUT2D eigenvalue weighted by Gasteiger charge is -2.29. The maximum Gasteiger partial charge on any atom is 0.165 e. The molecular formula is C11H12N4. The first-order valence-corrected chi connectivity index (χ1v) is 5.06. The van der Waals surface area contributed by atoms with Crippen molar-refractivity contribution >= 4 is 5.82 Å². The second-order valence-electron chi connectivity index (χ2n) is 3.92. The van der Waals surface area contributed by atoms with Gasteiger partial charge in [0, 0.05) is 5.92 Å². The molecule has 1 aliphatic rings. The van der Waals surface area contributed by atoms with E-state index in [1.54, 1.807) is 11.0 Å². The van der Waals surface area contributed by atoms with E-state index in [4.69, 9.17) is 5.73 Å². The number of aromatic nitrogens is 3. The topological polar surface area (TPSA) is 56.7 Å². The van der Waals surface area contributed by atoms with Gasteiger partial charge < -0.3 is 5.73 Å². The minimum absolute atomic E-state index is 0.489. The molecular weight excluding hydrogens is 188 g/mol. The Morgan fingerprint density at radius 2 is 2.27 bits per heavy atom. The molecule has 0 aliphatic heterocycles. The minimum atomic E-state index is 0.489. The highest BCUT2D eigenvalue weighted by Crippen LogP contribution is 2.35. The summed E-state index contributed by atoms with van der Waals surface area (Å²) in [5, 5.41) is 8.18. The molecule has 0 saturated carbocycles. The van der Waals surface area contributed by atoms with Crippen molar-refractivity contribution < 1.29 is 0 Å². The van der Waals surface area contributed by atoms with Crippen LogP contribution in [0.4, 0.5) is 5.82 Å². The van der Waals surface area contributed by atoms with E-state index in [-0.39, 0.29) is 0 Å². The van der Waals surface area contributed by atoms with Gasteiger partial charge in [0.1, 0.15) is 0 Å². The third kappa shape index (κ3) is 1.38. The molecule has 4 heteroatoms. The van der Waals surface area contributed by atoms with Crippen LogP contribution in [0.2, 0.25) is 0 Å². The van der Waals surface area contributed by atoms with Crippen LogP contribution in [-0.4, -0.2) is 15.0 Å². The third-order valence-electron chi connectivity index (χ3n) is 2.90. The number of nitrogens with zero attached hydrogens (tertiary/aromatic N) is 3. The highest BCUT2D eigenvalue weighted by atomic mass is 15.5. The standard InChI is InChI=1S/C11H12N4/c12-11-6-13-15(14-11)7-9-5-8-3-1-2-4-10(8)9/h1-4,6,9H,5,7H2,(H2,12,14). The van der Waals surface area contributed by atoms with Gasteiger partial charge in [-0.3, -0.25) is 0 Å². The molecule has 0 fully saturated rings. The van der Waals surface area contributed by atoms with Crippen LogP contribution in [0.1, 0.15) is 17.0 Å². The van der Waals surface area contributed by atoms with Crippen molar-refractivity contribution in [3.63, 3.8) is 0 Å². The zero-order chi connectivity index (χ0) is 10.3. The Kier molecular flexibility index (Phi) is 1.74. The number of rotatable bonds is 2. The van der Waals surface area contributed by atoms with E-state index >= 15 is 0 Å². The SMILES string of the molecule is Nc1cnn(CC2Cc3ccccc32)n1. The molecule has 4 nitrogen and oxygen atoms in total. The fourth-order valence-electron chi connectivity index (χ4n) is 2.12. The summed E-state index contributed by atoms with van der Waals surface area (Å²) in [5.74, 6) is 1.04. The Bertz CT molecular complexity index is 489. The van der Waals surface area contributed by atoms with Gasteiger partial charge in [0.15, 0.2) is 5.82 Å². The van der Waals surface area contributed by atoms with Gasteiger partial charge in [-0.2, -0.15) is 9.90 Å². The van der Waals surface area contributed by atoms with Crippen LogP contribution in [0.5, 0.6) is 0 Å². The van der Waals surface area contributed by atoms with E-state index < -0.39 is 0 Å². The van der Waals surface area contributed by atoms with Gasteiger partial charge >= 0.3 is 0 Å². The Morgan fingerprint density at radius 3 is 3.00 bits per heavy atom. The molecule has 0 bridgehead atoms. The molecule has 0 spiro atoms. The Balaban J connectivity index is 1.78. The van der Waals surface area contributed by atoms with E-state index in [1.807, 2.05) is 0 Å². The van der Waals surface area contributed by atoms with Crippen LogP contribution < -0.4 is 5.73 Å². The lowest BCUT2D eigenvalue weighted by Crippen LogP contribution is -2.23. The summed E-state index contributed by atoms with van der Waals surface area (Å²) < 4.78 is 0. The molecule has 0 saturated heterocycles. The van der Waals surface area contributed by atoms with Crippen LogP contribution in [0, 0.1) is 0 Å². The predicted octanol–water partition coefficient (Wildman–Crippen LogP) is 1.20. The molecule has 1 heterocycles. The second-order valence-corrected chi connectivity index (χ2v) is 3.92. The normalized spacial score (nSPS) is 18.3. The highest BCUT2D eigenvalue weighted by Gasteiger charge is 2.26. The van der Waals surface area contributed by atoms with Crippen molar-refractivity contribution in [3.8, 4) is 0 Å². The first-order chi connectivity index (χ1) is 7.33. The number of benzene rings is 1. The number of nitrogen functional groups attached to an aromatic ring is 1. The zero-order valence-corrected chi connectivity index (χ0v) is 8.30. The van der Waals surface area contributed by atoms with Crippen LogP contribution in [0.15, 0.2) is 30.5 Å². The highest BCUT2D eigenvalue weighted by molar-refractivity contribution is 5.39. The van der Waals surface area contributed by atoms with Crippen molar-refractivity contribution in [1.29, 1.82) is 0 Å². The molecule has 2 aromatic rings. The Morgan fingerprint density at radius 1 is 1.40 bits per heavy atom. The molecule has 0 amide bonds. The lowest BCUT2D eigenvalue weighted by atomic mass is 9.78. The minimum Gasteiger partial charge on any atom is -0.381 e. The van der Waals surface area contributed by atoms with Gasteiger partial charge in [-0.1, -0.05) is 24.3 Å². The van der Waals surface area contributed by atoms with Crippen LogP contribution in [-0.2, 0) is 13.0 Å². The van der Waals surface area contributed by atoms with E-state index in [0.717, 1.165) is 13.0 Å². The second kappa shape index (κ2) is 3.08. The van der Waals surface area contributed by atoms with Gasteiger partial charge in [0.05, 0.1) is 12.7 Å². The predicted molar refractivity (Wildman–Crippen MR) is 57.3 cm³/mol. The first kappa shape index (κ1) is 8.47. The molecule has 3 rings (SSSR count). The van der Waals surface area contributed by atoms with Crippen molar-refractivity contribution in [1.82, 2.24) is 15.0 Å². The molecule has 1 aliphatic carbocycles. The van der Waals surface area contributed by atoms with Crippen LogP contribution >= 0.6 is 0 Å². The summed E-state index contributed by atoms with van der Waals surface area (Å²) in [5.41, 5.74) is 8.39. The lowest BCUT2D eigenvalue weighted by molar-refractivity contribution is 0.435. The van der Waals surface area contributed by atoms with Gasteiger partial charge in [-0.15, -0.1) is 5.10 Å². The number of nitrogens with two attached hydrogens (primary N) is 1. The fourth-order valence-corrected chi connectivity index (χ4v) is 2.12. The smallest absolute Gasteiger partial charge is 0.165 e. The van der Waals surface area contributed by atoms with E-state index in [1.165, 1.54) is 11.1 Å². The largest absolute Gasteiger partial charge is 0.381 e. The Hall–Kier alpha value is -1.84. The van der Waals surface area contributed by atoms with E-state index in [2.05, 4.69) is 34.5 Å². The van der Waals surface area contributed by atoms with Crippen LogP contribution in [0.3, 0.4) is 0 Å². The average molecular weight is 200 g/mol. The third-order valence-corrected chi connectivity index (χ3v) is 2.90. The zero-order valence-electron chi connectivity index (χ0n) is 8.30. The number of hydrogen-bond donors (Lipinski definition) is 1. The number of fused-ring (bicyclic) bond motifs is 1. The van der Waals surface area contributed by atoms with Gasteiger partial charge in [0.25, 0.3) is 0 Å². The van der Waals surface area contributed by atoms with Gasteiger partial charge in [-0.25, -0.2) is 0 Å².